The van der Waals surface area contributed by atoms with E-state index in [1.165, 1.54) is 38.8 Å². The lowest BCUT2D eigenvalue weighted by Gasteiger charge is -2.44. The Balaban J connectivity index is 1.30. The van der Waals surface area contributed by atoms with Gasteiger partial charge in [-0.05, 0) is 50.3 Å². The minimum atomic E-state index is -0.152. The molecule has 1 amide bonds. The van der Waals surface area contributed by atoms with Crippen LogP contribution in [0.15, 0.2) is 24.3 Å². The van der Waals surface area contributed by atoms with Crippen LogP contribution in [-0.4, -0.2) is 78.8 Å². The molecule has 1 atom stereocenters. The van der Waals surface area contributed by atoms with Crippen molar-refractivity contribution in [1.29, 1.82) is 0 Å². The summed E-state index contributed by atoms with van der Waals surface area (Å²) in [7, 11) is 0. The third-order valence-corrected chi connectivity index (χ3v) is 6.33. The van der Waals surface area contributed by atoms with Gasteiger partial charge in [0.15, 0.2) is 0 Å². The Hall–Kier alpha value is -1.59. The normalized spacial score (nSPS) is 25.3. The van der Waals surface area contributed by atoms with Crippen LogP contribution in [0.4, 0.5) is 4.79 Å². The number of likely N-dealkylation sites (tertiary alicyclic amines) is 1. The lowest BCUT2D eigenvalue weighted by Crippen LogP contribution is -2.57. The Morgan fingerprint density at radius 1 is 1.00 bits per heavy atom. The van der Waals surface area contributed by atoms with Crippen molar-refractivity contribution in [2.75, 3.05) is 45.9 Å². The molecule has 2 aliphatic heterocycles. The van der Waals surface area contributed by atoms with Crippen LogP contribution in [0.1, 0.15) is 30.9 Å². The van der Waals surface area contributed by atoms with Crippen molar-refractivity contribution in [3.63, 3.8) is 0 Å². The largest absolute Gasteiger partial charge is 0.450 e. The molecule has 1 aromatic rings. The van der Waals surface area contributed by atoms with E-state index in [2.05, 4.69) is 34.1 Å². The average Bonchev–Trinajstić information content (AvgIpc) is 3.13. The summed E-state index contributed by atoms with van der Waals surface area (Å²) in [5, 5.41) is 0. The van der Waals surface area contributed by atoms with Gasteiger partial charge in [0, 0.05) is 44.8 Å². The molecule has 5 heteroatoms. The Bertz CT molecular complexity index is 602. The minimum absolute atomic E-state index is 0.152. The number of piperidine rings is 1. The first kappa shape index (κ1) is 17.8. The molecule has 5 nitrogen and oxygen atoms in total. The van der Waals surface area contributed by atoms with E-state index in [0.29, 0.717) is 18.7 Å². The highest BCUT2D eigenvalue weighted by molar-refractivity contribution is 5.67. The first-order valence-corrected chi connectivity index (χ1v) is 10.2. The van der Waals surface area contributed by atoms with Gasteiger partial charge in [0.05, 0.1) is 6.61 Å². The number of carbonyl (C=O) groups excluding carboxylic acids is 1. The predicted octanol–water partition coefficient (Wildman–Crippen LogP) is 2.39. The summed E-state index contributed by atoms with van der Waals surface area (Å²) in [6.07, 6.45) is 4.84. The van der Waals surface area contributed by atoms with Gasteiger partial charge in [0.25, 0.3) is 0 Å². The highest BCUT2D eigenvalue weighted by Gasteiger charge is 2.34. The maximum absolute atomic E-state index is 11.9. The van der Waals surface area contributed by atoms with Crippen LogP contribution < -0.4 is 0 Å². The molecule has 0 bridgehead atoms. The van der Waals surface area contributed by atoms with E-state index in [-0.39, 0.29) is 6.09 Å². The van der Waals surface area contributed by atoms with E-state index >= 15 is 0 Å². The SMILES string of the molecule is CCOC(=O)N1CCN([C@H]2CCCN(C3Cc4ccccc4C3)C2)CC1. The van der Waals surface area contributed by atoms with Gasteiger partial charge in [-0.2, -0.15) is 0 Å². The summed E-state index contributed by atoms with van der Waals surface area (Å²) < 4.78 is 5.14. The standard InChI is InChI=1S/C21H31N3O2/c1-2-26-21(25)23-12-10-22(11-13-23)19-8-5-9-24(16-19)20-14-17-6-3-4-7-18(17)15-20/h3-4,6-7,19-20H,2,5,8-16H2,1H3/t19-/m0/s1. The Morgan fingerprint density at radius 3 is 2.35 bits per heavy atom. The van der Waals surface area contributed by atoms with E-state index in [0.717, 1.165) is 26.2 Å². The molecule has 4 rings (SSSR count). The van der Waals surface area contributed by atoms with Gasteiger partial charge in [-0.25, -0.2) is 4.79 Å². The van der Waals surface area contributed by atoms with Crippen molar-refractivity contribution in [2.45, 2.75) is 44.7 Å². The van der Waals surface area contributed by atoms with Crippen molar-refractivity contribution in [3.05, 3.63) is 35.4 Å². The van der Waals surface area contributed by atoms with Gasteiger partial charge < -0.3 is 9.64 Å². The highest BCUT2D eigenvalue weighted by atomic mass is 16.6. The minimum Gasteiger partial charge on any atom is -0.450 e. The van der Waals surface area contributed by atoms with Gasteiger partial charge in [0.1, 0.15) is 0 Å². The number of ether oxygens (including phenoxy) is 1. The lowest BCUT2D eigenvalue weighted by atomic mass is 10.0. The van der Waals surface area contributed by atoms with Crippen molar-refractivity contribution in [1.82, 2.24) is 14.7 Å². The second-order valence-electron chi connectivity index (χ2n) is 7.84. The molecule has 0 unspecified atom stereocenters. The van der Waals surface area contributed by atoms with Crippen LogP contribution >= 0.6 is 0 Å². The average molecular weight is 357 g/mol. The summed E-state index contributed by atoms with van der Waals surface area (Å²) in [6, 6.07) is 10.2. The first-order valence-electron chi connectivity index (χ1n) is 10.2. The van der Waals surface area contributed by atoms with Gasteiger partial charge in [0.2, 0.25) is 0 Å². The summed E-state index contributed by atoms with van der Waals surface area (Å²) in [6.45, 7) is 8.28. The first-order chi connectivity index (χ1) is 12.7. The van der Waals surface area contributed by atoms with Crippen LogP contribution in [0.3, 0.4) is 0 Å². The number of carbonyl (C=O) groups is 1. The van der Waals surface area contributed by atoms with Gasteiger partial charge in [-0.3, -0.25) is 9.80 Å². The highest BCUT2D eigenvalue weighted by Crippen LogP contribution is 2.28. The Labute approximate surface area is 156 Å². The summed E-state index contributed by atoms with van der Waals surface area (Å²) >= 11 is 0. The van der Waals surface area contributed by atoms with E-state index in [4.69, 9.17) is 4.74 Å². The molecule has 2 fully saturated rings. The van der Waals surface area contributed by atoms with Crippen LogP contribution in [0.5, 0.6) is 0 Å². The number of nitrogens with zero attached hydrogens (tertiary/aromatic N) is 3. The number of hydrogen-bond acceptors (Lipinski definition) is 4. The fraction of sp³-hybridized carbons (Fsp3) is 0.667. The molecule has 0 aromatic heterocycles. The lowest BCUT2D eigenvalue weighted by molar-refractivity contribution is 0.0335. The maximum atomic E-state index is 11.9. The monoisotopic (exact) mass is 357 g/mol. The molecule has 0 spiro atoms. The number of fused-ring (bicyclic) bond motifs is 1. The summed E-state index contributed by atoms with van der Waals surface area (Å²) in [5.74, 6) is 0. The van der Waals surface area contributed by atoms with E-state index in [9.17, 15) is 4.79 Å². The number of amides is 1. The molecular weight excluding hydrogens is 326 g/mol. The summed E-state index contributed by atoms with van der Waals surface area (Å²) in [4.78, 5) is 19.1. The molecule has 0 saturated carbocycles. The predicted molar refractivity (Wildman–Crippen MR) is 102 cm³/mol. The second kappa shape index (κ2) is 7.97. The Kier molecular flexibility index (Phi) is 5.46. The zero-order valence-electron chi connectivity index (χ0n) is 15.9. The van der Waals surface area contributed by atoms with Gasteiger partial charge in [-0.15, -0.1) is 0 Å². The van der Waals surface area contributed by atoms with E-state index in [1.807, 2.05) is 11.8 Å². The topological polar surface area (TPSA) is 36.0 Å². The van der Waals surface area contributed by atoms with Gasteiger partial charge in [-0.1, -0.05) is 24.3 Å². The quantitative estimate of drug-likeness (QED) is 0.832. The van der Waals surface area contributed by atoms with Crippen molar-refractivity contribution >= 4 is 6.09 Å². The molecule has 2 heterocycles. The number of benzene rings is 1. The molecule has 142 valence electrons. The zero-order valence-corrected chi connectivity index (χ0v) is 15.9. The fourth-order valence-electron chi connectivity index (χ4n) is 4.89. The number of rotatable bonds is 3. The van der Waals surface area contributed by atoms with Crippen LogP contribution in [0.25, 0.3) is 0 Å². The Morgan fingerprint density at radius 2 is 1.69 bits per heavy atom. The summed E-state index contributed by atoms with van der Waals surface area (Å²) in [5.41, 5.74) is 3.09. The molecule has 26 heavy (non-hydrogen) atoms. The molecular formula is C21H31N3O2. The zero-order chi connectivity index (χ0) is 17.9. The number of piperazine rings is 1. The third kappa shape index (κ3) is 3.74. The van der Waals surface area contributed by atoms with Crippen molar-refractivity contribution in [3.8, 4) is 0 Å². The molecule has 1 aliphatic carbocycles. The van der Waals surface area contributed by atoms with Crippen molar-refractivity contribution < 1.29 is 9.53 Å². The van der Waals surface area contributed by atoms with E-state index in [1.54, 1.807) is 11.1 Å². The molecule has 3 aliphatic rings. The van der Waals surface area contributed by atoms with Crippen molar-refractivity contribution in [2.24, 2.45) is 0 Å². The third-order valence-electron chi connectivity index (χ3n) is 6.33. The van der Waals surface area contributed by atoms with Crippen LogP contribution in [-0.2, 0) is 17.6 Å². The molecule has 0 radical (unpaired) electrons. The maximum Gasteiger partial charge on any atom is 0.409 e. The molecule has 1 aromatic carbocycles. The molecule has 0 N–H and O–H groups in total. The smallest absolute Gasteiger partial charge is 0.409 e. The van der Waals surface area contributed by atoms with Gasteiger partial charge >= 0.3 is 6.09 Å². The van der Waals surface area contributed by atoms with Crippen LogP contribution in [0.2, 0.25) is 0 Å². The molecule has 2 saturated heterocycles. The number of hydrogen-bond donors (Lipinski definition) is 0. The second-order valence-corrected chi connectivity index (χ2v) is 7.84. The van der Waals surface area contributed by atoms with E-state index < -0.39 is 0 Å². The fourth-order valence-corrected chi connectivity index (χ4v) is 4.89. The van der Waals surface area contributed by atoms with Crippen LogP contribution in [0, 0.1) is 0 Å².